The Kier molecular flexibility index (Phi) is 8.16. The average Bonchev–Trinajstić information content (AvgIpc) is 2.59. The van der Waals surface area contributed by atoms with Crippen molar-refractivity contribution in [3.63, 3.8) is 0 Å². The van der Waals surface area contributed by atoms with Gasteiger partial charge in [0, 0.05) is 23.8 Å². The van der Waals surface area contributed by atoms with Crippen LogP contribution in [0.2, 0.25) is 5.02 Å². The molecule has 1 aliphatic rings. The number of aliphatic hydroxyl groups is 1. The molecular formula is C20H28ClF3N2O2. The summed E-state index contributed by atoms with van der Waals surface area (Å²) >= 11 is 5.80. The summed E-state index contributed by atoms with van der Waals surface area (Å²) in [6.07, 6.45) is -1.03. The molecule has 0 aromatic heterocycles. The van der Waals surface area contributed by atoms with Crippen molar-refractivity contribution in [2.75, 3.05) is 25.5 Å². The molecule has 1 saturated heterocycles. The number of nitrogens with one attached hydrogen (secondary N) is 1. The topological polar surface area (TPSA) is 52.6 Å². The number of hydrogen-bond acceptors (Lipinski definition) is 4. The summed E-state index contributed by atoms with van der Waals surface area (Å²) < 4.78 is 38.9. The zero-order valence-corrected chi connectivity index (χ0v) is 17.0. The molecule has 1 fully saturated rings. The second-order valence-electron chi connectivity index (χ2n) is 7.70. The maximum Gasteiger partial charge on any atom is 0.416 e. The van der Waals surface area contributed by atoms with Crippen LogP contribution in [-0.2, 0) is 11.0 Å². The lowest BCUT2D eigenvalue weighted by Gasteiger charge is -2.34. The number of carbonyl (C=O) groups is 1. The van der Waals surface area contributed by atoms with Crippen molar-refractivity contribution in [3.05, 3.63) is 28.8 Å². The highest BCUT2D eigenvalue weighted by Gasteiger charge is 2.31. The summed E-state index contributed by atoms with van der Waals surface area (Å²) in [5.41, 5.74) is -0.662. The lowest BCUT2D eigenvalue weighted by Crippen LogP contribution is -2.41. The number of anilines is 1. The van der Waals surface area contributed by atoms with Crippen LogP contribution in [0.5, 0.6) is 0 Å². The molecule has 1 aliphatic heterocycles. The predicted molar refractivity (Wildman–Crippen MR) is 105 cm³/mol. The monoisotopic (exact) mass is 420 g/mol. The molecule has 2 N–H and O–H groups in total. The zero-order chi connectivity index (χ0) is 20.9. The minimum atomic E-state index is -4.50. The fourth-order valence-corrected chi connectivity index (χ4v) is 3.89. The van der Waals surface area contributed by atoms with Gasteiger partial charge < -0.3 is 15.3 Å². The molecule has 3 atom stereocenters. The maximum atomic E-state index is 13.0. The van der Waals surface area contributed by atoms with Crippen molar-refractivity contribution in [1.29, 1.82) is 0 Å². The standard InChI is InChI=1S/C20H28ClF3N2O2/c1-13(27)18(6-4-3-5-14-12-26(2)8-7-19(14)28)25-17-10-15(20(22,23)24)9-16(21)11-17/h9-11,14,18-19,25,28H,3-8,12H2,1-2H3/t14-,18+,19-/m0/s1. The van der Waals surface area contributed by atoms with Crippen LogP contribution in [0.4, 0.5) is 18.9 Å². The molecule has 0 bridgehead atoms. The smallest absolute Gasteiger partial charge is 0.393 e. The third-order valence-electron chi connectivity index (χ3n) is 5.27. The number of aliphatic hydroxyl groups excluding tert-OH is 1. The van der Waals surface area contributed by atoms with Crippen LogP contribution in [0.15, 0.2) is 18.2 Å². The van der Waals surface area contributed by atoms with E-state index >= 15 is 0 Å². The van der Waals surface area contributed by atoms with Crippen molar-refractivity contribution in [1.82, 2.24) is 4.90 Å². The number of alkyl halides is 3. The van der Waals surface area contributed by atoms with Crippen LogP contribution in [0.25, 0.3) is 0 Å². The van der Waals surface area contributed by atoms with Crippen molar-refractivity contribution in [2.24, 2.45) is 5.92 Å². The second-order valence-corrected chi connectivity index (χ2v) is 8.13. The Morgan fingerprint density at radius 3 is 2.71 bits per heavy atom. The molecule has 0 aliphatic carbocycles. The van der Waals surface area contributed by atoms with Crippen LogP contribution in [0.3, 0.4) is 0 Å². The number of unbranched alkanes of at least 4 members (excludes halogenated alkanes) is 1. The summed E-state index contributed by atoms with van der Waals surface area (Å²) in [6.45, 7) is 3.18. The molecule has 0 unspecified atom stereocenters. The zero-order valence-electron chi connectivity index (χ0n) is 16.2. The van der Waals surface area contributed by atoms with Gasteiger partial charge in [-0.3, -0.25) is 4.79 Å². The number of halogens is 4. The van der Waals surface area contributed by atoms with E-state index in [0.717, 1.165) is 50.9 Å². The second kappa shape index (κ2) is 9.94. The Balaban J connectivity index is 1.90. The number of benzene rings is 1. The van der Waals surface area contributed by atoms with Crippen molar-refractivity contribution < 1.29 is 23.1 Å². The Morgan fingerprint density at radius 1 is 1.36 bits per heavy atom. The third kappa shape index (κ3) is 6.94. The Hall–Kier alpha value is -1.31. The first kappa shape index (κ1) is 23.0. The van der Waals surface area contributed by atoms with E-state index in [1.54, 1.807) is 0 Å². The van der Waals surface area contributed by atoms with E-state index in [-0.39, 0.29) is 28.5 Å². The SMILES string of the molecule is CC(=O)[C@@H](CCCC[C@H]1CN(C)CC[C@@H]1O)Nc1cc(Cl)cc(C(F)(F)F)c1. The number of likely N-dealkylation sites (tertiary alicyclic amines) is 1. The van der Waals surface area contributed by atoms with Gasteiger partial charge in [0.1, 0.15) is 0 Å². The summed E-state index contributed by atoms with van der Waals surface area (Å²) in [4.78, 5) is 14.1. The van der Waals surface area contributed by atoms with Gasteiger partial charge in [-0.05, 0) is 57.4 Å². The highest BCUT2D eigenvalue weighted by molar-refractivity contribution is 6.31. The molecular weight excluding hydrogens is 393 g/mol. The van der Waals surface area contributed by atoms with Gasteiger partial charge in [0.15, 0.2) is 5.78 Å². The molecule has 28 heavy (non-hydrogen) atoms. The van der Waals surface area contributed by atoms with E-state index in [1.165, 1.54) is 13.0 Å². The molecule has 4 nitrogen and oxygen atoms in total. The number of piperidine rings is 1. The normalized spacial score (nSPS) is 22.1. The summed E-state index contributed by atoms with van der Waals surface area (Å²) in [5, 5.41) is 13.0. The maximum absolute atomic E-state index is 13.0. The third-order valence-corrected chi connectivity index (χ3v) is 5.49. The first-order valence-corrected chi connectivity index (χ1v) is 9.95. The van der Waals surface area contributed by atoms with Gasteiger partial charge in [-0.2, -0.15) is 13.2 Å². The van der Waals surface area contributed by atoms with Crippen LogP contribution in [-0.4, -0.2) is 48.1 Å². The van der Waals surface area contributed by atoms with Gasteiger partial charge in [0.2, 0.25) is 0 Å². The lowest BCUT2D eigenvalue weighted by molar-refractivity contribution is -0.137. The summed E-state index contributed by atoms with van der Waals surface area (Å²) in [5.74, 6) is 0.0933. The van der Waals surface area contributed by atoms with E-state index < -0.39 is 17.8 Å². The van der Waals surface area contributed by atoms with Crippen molar-refractivity contribution in [2.45, 2.75) is 57.3 Å². The summed E-state index contributed by atoms with van der Waals surface area (Å²) in [7, 11) is 2.04. The summed E-state index contributed by atoms with van der Waals surface area (Å²) in [6, 6.07) is 2.65. The Bertz CT molecular complexity index is 669. The first-order valence-electron chi connectivity index (χ1n) is 9.57. The fraction of sp³-hybridized carbons (Fsp3) is 0.650. The van der Waals surface area contributed by atoms with E-state index in [4.69, 9.17) is 11.6 Å². The number of hydrogen-bond donors (Lipinski definition) is 2. The quantitative estimate of drug-likeness (QED) is 0.603. The minimum absolute atomic E-state index is 0.0324. The molecule has 1 heterocycles. The van der Waals surface area contributed by atoms with Gasteiger partial charge in [-0.15, -0.1) is 0 Å². The van der Waals surface area contributed by atoms with E-state index in [9.17, 15) is 23.1 Å². The van der Waals surface area contributed by atoms with Gasteiger partial charge in [-0.1, -0.05) is 24.4 Å². The average molecular weight is 421 g/mol. The van der Waals surface area contributed by atoms with E-state index in [0.29, 0.717) is 6.42 Å². The van der Waals surface area contributed by atoms with Gasteiger partial charge >= 0.3 is 6.18 Å². The van der Waals surface area contributed by atoms with Gasteiger partial charge in [0.25, 0.3) is 0 Å². The lowest BCUT2D eigenvalue weighted by atomic mass is 9.89. The van der Waals surface area contributed by atoms with Crippen molar-refractivity contribution >= 4 is 23.1 Å². The number of ketones is 1. The molecule has 0 amide bonds. The highest BCUT2D eigenvalue weighted by Crippen LogP contribution is 2.33. The van der Waals surface area contributed by atoms with Gasteiger partial charge in [0.05, 0.1) is 17.7 Å². The Morgan fingerprint density at radius 2 is 2.07 bits per heavy atom. The van der Waals surface area contributed by atoms with Crippen LogP contribution in [0, 0.1) is 5.92 Å². The van der Waals surface area contributed by atoms with E-state index in [1.807, 2.05) is 7.05 Å². The molecule has 1 aromatic rings. The largest absolute Gasteiger partial charge is 0.416 e. The van der Waals surface area contributed by atoms with Gasteiger partial charge in [-0.25, -0.2) is 0 Å². The molecule has 8 heteroatoms. The first-order chi connectivity index (χ1) is 13.1. The molecule has 158 valence electrons. The molecule has 0 radical (unpaired) electrons. The molecule has 2 rings (SSSR count). The Labute approximate surface area is 169 Å². The molecule has 1 aromatic carbocycles. The molecule has 0 saturated carbocycles. The number of nitrogens with zero attached hydrogens (tertiary/aromatic N) is 1. The number of Topliss-reactive ketones (excluding diaryl/α,β-unsaturated/α-hetero) is 1. The van der Waals surface area contributed by atoms with Crippen LogP contribution >= 0.6 is 11.6 Å². The minimum Gasteiger partial charge on any atom is -0.393 e. The molecule has 0 spiro atoms. The van der Waals surface area contributed by atoms with Crippen LogP contribution in [0.1, 0.15) is 44.6 Å². The van der Waals surface area contributed by atoms with Crippen LogP contribution < -0.4 is 5.32 Å². The highest BCUT2D eigenvalue weighted by atomic mass is 35.5. The predicted octanol–water partition coefficient (Wildman–Crippen LogP) is 4.60. The number of rotatable bonds is 8. The van der Waals surface area contributed by atoms with E-state index in [2.05, 4.69) is 10.2 Å². The fourth-order valence-electron chi connectivity index (χ4n) is 3.66. The van der Waals surface area contributed by atoms with Crippen molar-refractivity contribution in [3.8, 4) is 0 Å². The number of carbonyl (C=O) groups excluding carboxylic acids is 1.